The van der Waals surface area contributed by atoms with Crippen molar-refractivity contribution >= 4 is 5.91 Å². The van der Waals surface area contributed by atoms with Crippen LogP contribution in [0.3, 0.4) is 0 Å². The van der Waals surface area contributed by atoms with Crippen LogP contribution in [0.4, 0.5) is 0 Å². The Balaban J connectivity index is 1.95. The predicted octanol–water partition coefficient (Wildman–Crippen LogP) is 1.51. The van der Waals surface area contributed by atoms with Gasteiger partial charge in [0.2, 0.25) is 5.91 Å². The topological polar surface area (TPSA) is 44.4 Å². The second kappa shape index (κ2) is 7.25. The van der Waals surface area contributed by atoms with Gasteiger partial charge in [-0.25, -0.2) is 0 Å². The summed E-state index contributed by atoms with van der Waals surface area (Å²) >= 11 is 0. The minimum Gasteiger partial charge on any atom is -0.355 e. The number of carbonyl (C=O) groups is 1. The Hall–Kier alpha value is -0.610. The molecule has 2 fully saturated rings. The number of carbonyl (C=O) groups excluding carboxylic acids is 1. The van der Waals surface area contributed by atoms with Crippen molar-refractivity contribution in [3.63, 3.8) is 0 Å². The van der Waals surface area contributed by atoms with E-state index in [1.807, 2.05) is 0 Å². The molecule has 2 heterocycles. The largest absolute Gasteiger partial charge is 0.355 e. The fraction of sp³-hybridized carbons (Fsp3) is 0.933. The Morgan fingerprint density at radius 3 is 2.89 bits per heavy atom. The van der Waals surface area contributed by atoms with Crippen LogP contribution in [0, 0.1) is 0 Å². The molecule has 2 saturated heterocycles. The molecule has 3 atom stereocenters. The van der Waals surface area contributed by atoms with Gasteiger partial charge in [-0.2, -0.15) is 0 Å². The molecule has 4 nitrogen and oxygen atoms in total. The van der Waals surface area contributed by atoms with Crippen LogP contribution in [0.5, 0.6) is 0 Å². The van der Waals surface area contributed by atoms with E-state index in [-0.39, 0.29) is 11.9 Å². The Morgan fingerprint density at radius 2 is 2.21 bits per heavy atom. The molecule has 19 heavy (non-hydrogen) atoms. The van der Waals surface area contributed by atoms with E-state index in [0.29, 0.717) is 12.1 Å². The van der Waals surface area contributed by atoms with Gasteiger partial charge >= 0.3 is 0 Å². The molecule has 0 aromatic heterocycles. The number of likely N-dealkylation sites (tertiary alicyclic amines) is 1. The molecule has 4 heteroatoms. The first kappa shape index (κ1) is 14.8. The van der Waals surface area contributed by atoms with Crippen molar-refractivity contribution in [3.05, 3.63) is 0 Å². The maximum absolute atomic E-state index is 12.2. The maximum Gasteiger partial charge on any atom is 0.237 e. The van der Waals surface area contributed by atoms with E-state index in [4.69, 9.17) is 0 Å². The van der Waals surface area contributed by atoms with Crippen LogP contribution in [-0.2, 0) is 4.79 Å². The summed E-state index contributed by atoms with van der Waals surface area (Å²) in [6.07, 6.45) is 7.34. The zero-order valence-corrected chi connectivity index (χ0v) is 12.5. The Bertz CT molecular complexity index is 289. The molecule has 0 bridgehead atoms. The zero-order chi connectivity index (χ0) is 13.7. The van der Waals surface area contributed by atoms with E-state index < -0.39 is 0 Å². The minimum absolute atomic E-state index is 0.0132. The normalized spacial score (nSPS) is 30.2. The summed E-state index contributed by atoms with van der Waals surface area (Å²) in [6.45, 7) is 7.17. The lowest BCUT2D eigenvalue weighted by Gasteiger charge is -2.42. The van der Waals surface area contributed by atoms with Gasteiger partial charge in [-0.1, -0.05) is 13.3 Å². The van der Waals surface area contributed by atoms with E-state index in [2.05, 4.69) is 29.4 Å². The van der Waals surface area contributed by atoms with Crippen LogP contribution in [0.25, 0.3) is 0 Å². The highest BCUT2D eigenvalue weighted by Crippen LogP contribution is 2.26. The van der Waals surface area contributed by atoms with Gasteiger partial charge in [0.15, 0.2) is 0 Å². The molecule has 2 rings (SSSR count). The summed E-state index contributed by atoms with van der Waals surface area (Å²) < 4.78 is 0. The summed E-state index contributed by atoms with van der Waals surface area (Å²) in [5, 5.41) is 6.66. The molecule has 0 saturated carbocycles. The number of piperidine rings is 1. The van der Waals surface area contributed by atoms with Crippen LogP contribution < -0.4 is 10.6 Å². The fourth-order valence-electron chi connectivity index (χ4n) is 3.48. The van der Waals surface area contributed by atoms with Crippen LogP contribution in [0.2, 0.25) is 0 Å². The molecule has 2 aliphatic rings. The van der Waals surface area contributed by atoms with Crippen molar-refractivity contribution in [2.45, 2.75) is 70.5 Å². The Labute approximate surface area is 117 Å². The molecule has 0 spiro atoms. The molecule has 1 amide bonds. The van der Waals surface area contributed by atoms with Gasteiger partial charge in [0.05, 0.1) is 6.04 Å². The van der Waals surface area contributed by atoms with E-state index in [0.717, 1.165) is 26.1 Å². The second-order valence-electron chi connectivity index (χ2n) is 5.97. The van der Waals surface area contributed by atoms with Crippen molar-refractivity contribution in [3.8, 4) is 0 Å². The van der Waals surface area contributed by atoms with Crippen LogP contribution in [-0.4, -0.2) is 48.6 Å². The highest BCUT2D eigenvalue weighted by molar-refractivity contribution is 5.81. The van der Waals surface area contributed by atoms with Crippen LogP contribution in [0.1, 0.15) is 52.4 Å². The lowest BCUT2D eigenvalue weighted by atomic mass is 9.93. The van der Waals surface area contributed by atoms with Crippen LogP contribution >= 0.6 is 0 Å². The van der Waals surface area contributed by atoms with Crippen LogP contribution in [0.15, 0.2) is 0 Å². The average molecular weight is 267 g/mol. The van der Waals surface area contributed by atoms with Gasteiger partial charge in [0.25, 0.3) is 0 Å². The number of hydrogen-bond acceptors (Lipinski definition) is 3. The highest BCUT2D eigenvalue weighted by Gasteiger charge is 2.35. The monoisotopic (exact) mass is 267 g/mol. The van der Waals surface area contributed by atoms with Crippen molar-refractivity contribution in [1.29, 1.82) is 0 Å². The number of amides is 1. The first-order valence-corrected chi connectivity index (χ1v) is 8.01. The van der Waals surface area contributed by atoms with Gasteiger partial charge in [-0.15, -0.1) is 0 Å². The SMILES string of the molecule is CCCNC(=O)C(C)N1CCCCC1C1CCCN1. The van der Waals surface area contributed by atoms with Crippen molar-refractivity contribution in [2.75, 3.05) is 19.6 Å². The average Bonchev–Trinajstić information content (AvgIpc) is 2.98. The number of hydrogen-bond donors (Lipinski definition) is 2. The molecule has 0 aromatic carbocycles. The highest BCUT2D eigenvalue weighted by atomic mass is 16.2. The summed E-state index contributed by atoms with van der Waals surface area (Å²) in [5.41, 5.74) is 0. The first-order chi connectivity index (χ1) is 9.24. The van der Waals surface area contributed by atoms with Gasteiger partial charge < -0.3 is 10.6 Å². The molecular weight excluding hydrogens is 238 g/mol. The Morgan fingerprint density at radius 1 is 1.37 bits per heavy atom. The van der Waals surface area contributed by atoms with E-state index >= 15 is 0 Å². The third kappa shape index (κ3) is 3.69. The lowest BCUT2D eigenvalue weighted by Crippen LogP contribution is -2.57. The summed E-state index contributed by atoms with van der Waals surface area (Å²) in [4.78, 5) is 14.6. The number of nitrogens with zero attached hydrogens (tertiary/aromatic N) is 1. The smallest absolute Gasteiger partial charge is 0.237 e. The van der Waals surface area contributed by atoms with E-state index in [9.17, 15) is 4.79 Å². The maximum atomic E-state index is 12.2. The van der Waals surface area contributed by atoms with E-state index in [1.54, 1.807) is 0 Å². The predicted molar refractivity (Wildman–Crippen MR) is 78.1 cm³/mol. The van der Waals surface area contributed by atoms with Gasteiger partial charge in [-0.05, 0) is 52.1 Å². The number of nitrogens with one attached hydrogen (secondary N) is 2. The van der Waals surface area contributed by atoms with Gasteiger partial charge in [-0.3, -0.25) is 9.69 Å². The molecule has 2 aliphatic heterocycles. The van der Waals surface area contributed by atoms with Gasteiger partial charge in [0, 0.05) is 18.6 Å². The fourth-order valence-corrected chi connectivity index (χ4v) is 3.48. The Kier molecular flexibility index (Phi) is 5.64. The lowest BCUT2D eigenvalue weighted by molar-refractivity contribution is -0.127. The zero-order valence-electron chi connectivity index (χ0n) is 12.5. The molecule has 0 aliphatic carbocycles. The minimum atomic E-state index is 0.0132. The van der Waals surface area contributed by atoms with Crippen molar-refractivity contribution in [2.24, 2.45) is 0 Å². The van der Waals surface area contributed by atoms with Crippen molar-refractivity contribution in [1.82, 2.24) is 15.5 Å². The molecular formula is C15H29N3O. The molecule has 3 unspecified atom stereocenters. The molecule has 110 valence electrons. The van der Waals surface area contributed by atoms with Gasteiger partial charge in [0.1, 0.15) is 0 Å². The summed E-state index contributed by atoms with van der Waals surface area (Å²) in [6, 6.07) is 1.17. The third-order valence-corrected chi connectivity index (χ3v) is 4.58. The molecule has 0 aromatic rings. The number of rotatable bonds is 5. The molecule has 2 N–H and O–H groups in total. The quantitative estimate of drug-likeness (QED) is 0.793. The standard InChI is InChI=1S/C15H29N3O/c1-3-9-17-15(19)12(2)18-11-5-4-8-14(18)13-7-6-10-16-13/h12-14,16H,3-11H2,1-2H3,(H,17,19). The third-order valence-electron chi connectivity index (χ3n) is 4.58. The van der Waals surface area contributed by atoms with Crippen molar-refractivity contribution < 1.29 is 4.79 Å². The first-order valence-electron chi connectivity index (χ1n) is 8.01. The second-order valence-corrected chi connectivity index (χ2v) is 5.97. The molecule has 0 radical (unpaired) electrons. The van der Waals surface area contributed by atoms with E-state index in [1.165, 1.54) is 32.1 Å². The summed E-state index contributed by atoms with van der Waals surface area (Å²) in [7, 11) is 0. The summed E-state index contributed by atoms with van der Waals surface area (Å²) in [5.74, 6) is 0.201.